The highest BCUT2D eigenvalue weighted by Crippen LogP contribution is 2.14. The highest BCUT2D eigenvalue weighted by atomic mass is 35.5. The van der Waals surface area contributed by atoms with Crippen LogP contribution in [0.15, 0.2) is 12.1 Å². The van der Waals surface area contributed by atoms with Crippen molar-refractivity contribution in [1.82, 2.24) is 10.3 Å². The third kappa shape index (κ3) is 4.16. The van der Waals surface area contributed by atoms with Gasteiger partial charge in [0.05, 0.1) is 0 Å². The number of nitrogens with two attached hydrogens (primary N) is 1. The average molecular weight is 271 g/mol. The third-order valence-electron chi connectivity index (χ3n) is 2.91. The summed E-state index contributed by atoms with van der Waals surface area (Å²) >= 11 is 5.80. The van der Waals surface area contributed by atoms with E-state index in [0.29, 0.717) is 23.8 Å². The van der Waals surface area contributed by atoms with Gasteiger partial charge in [-0.15, -0.1) is 0 Å². The number of halogens is 1. The number of aromatic nitrogens is 1. The normalized spacial score (nSPS) is 10.5. The minimum Gasteiger partial charge on any atom is -0.352 e. The van der Waals surface area contributed by atoms with Crippen molar-refractivity contribution in [1.29, 1.82) is 0 Å². The van der Waals surface area contributed by atoms with Crippen molar-refractivity contribution in [3.05, 3.63) is 22.8 Å². The maximum atomic E-state index is 11.9. The first kappa shape index (κ1) is 14.7. The summed E-state index contributed by atoms with van der Waals surface area (Å²) in [5.74, 6) is 5.95. The molecule has 6 heteroatoms. The van der Waals surface area contributed by atoms with Crippen LogP contribution in [-0.2, 0) is 0 Å². The molecular weight excluding hydrogens is 252 g/mol. The molecule has 0 unspecified atom stereocenters. The van der Waals surface area contributed by atoms with Gasteiger partial charge in [-0.1, -0.05) is 38.3 Å². The summed E-state index contributed by atoms with van der Waals surface area (Å²) in [6.07, 6.45) is 2.09. The zero-order valence-corrected chi connectivity index (χ0v) is 11.4. The molecule has 1 amide bonds. The maximum Gasteiger partial charge on any atom is 0.251 e. The molecule has 0 fully saturated rings. The van der Waals surface area contributed by atoms with Crippen LogP contribution in [0.3, 0.4) is 0 Å². The summed E-state index contributed by atoms with van der Waals surface area (Å²) < 4.78 is 0. The van der Waals surface area contributed by atoms with Crippen LogP contribution in [-0.4, -0.2) is 17.4 Å². The van der Waals surface area contributed by atoms with Gasteiger partial charge in [0.15, 0.2) is 0 Å². The minimum absolute atomic E-state index is 0.164. The van der Waals surface area contributed by atoms with Crippen molar-refractivity contribution < 1.29 is 4.79 Å². The van der Waals surface area contributed by atoms with E-state index in [2.05, 4.69) is 29.6 Å². The second-order valence-electron chi connectivity index (χ2n) is 4.10. The summed E-state index contributed by atoms with van der Waals surface area (Å²) in [7, 11) is 0. The molecule has 100 valence electrons. The highest BCUT2D eigenvalue weighted by molar-refractivity contribution is 6.29. The fourth-order valence-electron chi connectivity index (χ4n) is 1.62. The van der Waals surface area contributed by atoms with Crippen LogP contribution in [0.25, 0.3) is 0 Å². The van der Waals surface area contributed by atoms with Crippen molar-refractivity contribution >= 4 is 23.3 Å². The van der Waals surface area contributed by atoms with E-state index in [1.54, 1.807) is 6.07 Å². The number of hydrogen-bond donors (Lipinski definition) is 3. The van der Waals surface area contributed by atoms with E-state index in [9.17, 15) is 4.79 Å². The van der Waals surface area contributed by atoms with Gasteiger partial charge < -0.3 is 10.7 Å². The van der Waals surface area contributed by atoms with E-state index in [4.69, 9.17) is 17.4 Å². The van der Waals surface area contributed by atoms with Crippen LogP contribution in [0.1, 0.15) is 37.0 Å². The monoisotopic (exact) mass is 270 g/mol. The molecule has 0 aliphatic heterocycles. The summed E-state index contributed by atoms with van der Waals surface area (Å²) in [4.78, 5) is 15.8. The summed E-state index contributed by atoms with van der Waals surface area (Å²) in [6.45, 7) is 4.89. The van der Waals surface area contributed by atoms with Crippen LogP contribution < -0.4 is 16.6 Å². The van der Waals surface area contributed by atoms with Crippen LogP contribution in [0, 0.1) is 5.92 Å². The minimum atomic E-state index is -0.164. The number of hydrogen-bond acceptors (Lipinski definition) is 4. The van der Waals surface area contributed by atoms with Crippen molar-refractivity contribution in [3.8, 4) is 0 Å². The quantitative estimate of drug-likeness (QED) is 0.421. The Bertz CT molecular complexity index is 407. The van der Waals surface area contributed by atoms with Gasteiger partial charge in [-0.25, -0.2) is 10.8 Å². The van der Waals surface area contributed by atoms with Gasteiger partial charge in [-0.2, -0.15) is 0 Å². The van der Waals surface area contributed by atoms with Gasteiger partial charge >= 0.3 is 0 Å². The first-order chi connectivity index (χ1) is 8.60. The summed E-state index contributed by atoms with van der Waals surface area (Å²) in [5, 5.41) is 3.12. The lowest BCUT2D eigenvalue weighted by atomic mass is 10.0. The summed E-state index contributed by atoms with van der Waals surface area (Å²) in [5.41, 5.74) is 2.83. The lowest BCUT2D eigenvalue weighted by Gasteiger charge is -2.13. The van der Waals surface area contributed by atoms with Crippen LogP contribution >= 0.6 is 11.6 Å². The number of hydrazine groups is 1. The topological polar surface area (TPSA) is 80.0 Å². The SMILES string of the molecule is CCC(CC)CNC(=O)c1cc(Cl)nc(NN)c1. The molecule has 0 bridgehead atoms. The second kappa shape index (κ2) is 7.18. The Labute approximate surface area is 112 Å². The smallest absolute Gasteiger partial charge is 0.251 e. The number of pyridine rings is 1. The van der Waals surface area contributed by atoms with Gasteiger partial charge in [-0.05, 0) is 18.1 Å². The van der Waals surface area contributed by atoms with E-state index in [1.807, 2.05) is 0 Å². The number of anilines is 1. The predicted octanol–water partition coefficient (Wildman–Crippen LogP) is 2.19. The van der Waals surface area contributed by atoms with Crippen molar-refractivity contribution in [2.75, 3.05) is 12.0 Å². The number of amides is 1. The Morgan fingerprint density at radius 1 is 1.44 bits per heavy atom. The van der Waals surface area contributed by atoms with Crippen molar-refractivity contribution in [3.63, 3.8) is 0 Å². The lowest BCUT2D eigenvalue weighted by molar-refractivity contribution is 0.0946. The molecule has 0 radical (unpaired) electrons. The molecule has 0 aromatic carbocycles. The van der Waals surface area contributed by atoms with E-state index in [0.717, 1.165) is 12.8 Å². The van der Waals surface area contributed by atoms with Gasteiger partial charge in [0.2, 0.25) is 0 Å². The van der Waals surface area contributed by atoms with Crippen molar-refractivity contribution in [2.24, 2.45) is 11.8 Å². The molecule has 0 spiro atoms. The standard InChI is InChI=1S/C12H19ClN4O/c1-3-8(4-2)7-15-12(18)9-5-10(13)16-11(6-9)17-14/h5-6,8H,3-4,7,14H2,1-2H3,(H,15,18)(H,16,17). The highest BCUT2D eigenvalue weighted by Gasteiger charge is 2.11. The number of carbonyl (C=O) groups is 1. The van der Waals surface area contributed by atoms with E-state index < -0.39 is 0 Å². The summed E-state index contributed by atoms with van der Waals surface area (Å²) in [6, 6.07) is 3.08. The lowest BCUT2D eigenvalue weighted by Crippen LogP contribution is -2.29. The number of carbonyl (C=O) groups excluding carboxylic acids is 1. The van der Waals surface area contributed by atoms with Crippen LogP contribution in [0.2, 0.25) is 5.15 Å². The zero-order valence-electron chi connectivity index (χ0n) is 10.7. The average Bonchev–Trinajstić information content (AvgIpc) is 2.38. The fraction of sp³-hybridized carbons (Fsp3) is 0.500. The fourth-order valence-corrected chi connectivity index (χ4v) is 1.83. The van der Waals surface area contributed by atoms with Crippen LogP contribution in [0.4, 0.5) is 5.82 Å². The maximum absolute atomic E-state index is 11.9. The van der Waals surface area contributed by atoms with E-state index in [-0.39, 0.29) is 11.1 Å². The Morgan fingerprint density at radius 2 is 2.11 bits per heavy atom. The molecule has 0 saturated heterocycles. The van der Waals surface area contributed by atoms with Crippen LogP contribution in [0.5, 0.6) is 0 Å². The Balaban J connectivity index is 2.69. The molecule has 0 saturated carbocycles. The molecule has 0 aliphatic carbocycles. The van der Waals surface area contributed by atoms with Crippen molar-refractivity contribution in [2.45, 2.75) is 26.7 Å². The molecule has 1 aromatic rings. The Morgan fingerprint density at radius 3 is 2.67 bits per heavy atom. The molecule has 4 N–H and O–H groups in total. The molecule has 0 aliphatic rings. The molecule has 0 atom stereocenters. The Hall–Kier alpha value is -1.33. The molecular formula is C12H19ClN4O. The largest absolute Gasteiger partial charge is 0.352 e. The third-order valence-corrected chi connectivity index (χ3v) is 3.10. The van der Waals surface area contributed by atoms with Gasteiger partial charge in [0, 0.05) is 12.1 Å². The number of nitrogens with zero attached hydrogens (tertiary/aromatic N) is 1. The van der Waals surface area contributed by atoms with Gasteiger partial charge in [-0.3, -0.25) is 4.79 Å². The van der Waals surface area contributed by atoms with Gasteiger partial charge in [0.1, 0.15) is 11.0 Å². The number of nitrogen functional groups attached to an aromatic ring is 1. The molecule has 18 heavy (non-hydrogen) atoms. The predicted molar refractivity (Wildman–Crippen MR) is 73.5 cm³/mol. The molecule has 5 nitrogen and oxygen atoms in total. The Kier molecular flexibility index (Phi) is 5.88. The van der Waals surface area contributed by atoms with E-state index in [1.165, 1.54) is 6.07 Å². The number of nitrogens with one attached hydrogen (secondary N) is 2. The molecule has 1 aromatic heterocycles. The second-order valence-corrected chi connectivity index (χ2v) is 4.49. The molecule has 1 heterocycles. The van der Waals surface area contributed by atoms with Gasteiger partial charge in [0.25, 0.3) is 5.91 Å². The first-order valence-electron chi connectivity index (χ1n) is 6.03. The number of rotatable bonds is 6. The first-order valence-corrected chi connectivity index (χ1v) is 6.40. The molecule has 1 rings (SSSR count). The zero-order chi connectivity index (χ0) is 13.5. The van der Waals surface area contributed by atoms with E-state index >= 15 is 0 Å².